The summed E-state index contributed by atoms with van der Waals surface area (Å²) in [7, 11) is 0. The predicted octanol–water partition coefficient (Wildman–Crippen LogP) is 3.54. The van der Waals surface area contributed by atoms with Gasteiger partial charge in [0.15, 0.2) is 0 Å². The number of amides is 2. The molecule has 0 fully saturated rings. The van der Waals surface area contributed by atoms with Gasteiger partial charge in [-0.15, -0.1) is 0 Å². The Morgan fingerprint density at radius 3 is 2.67 bits per heavy atom. The van der Waals surface area contributed by atoms with Crippen molar-refractivity contribution in [1.82, 2.24) is 4.90 Å². The summed E-state index contributed by atoms with van der Waals surface area (Å²) in [4.78, 5) is 25.2. The maximum atomic E-state index is 12.3. The number of hydrogen-bond donors (Lipinski definition) is 1. The molecule has 1 N–H and O–H groups in total. The molecule has 0 radical (unpaired) electrons. The van der Waals surface area contributed by atoms with E-state index in [4.69, 9.17) is 16.3 Å². The molecule has 0 aliphatic heterocycles. The highest BCUT2D eigenvalue weighted by molar-refractivity contribution is 6.30. The zero-order valence-corrected chi connectivity index (χ0v) is 13.3. The SMILES string of the molecule is CCOC(=O)CCN(C(=O)Nc1cccc(Cl)c1)C(C)C. The van der Waals surface area contributed by atoms with Gasteiger partial charge in [0.05, 0.1) is 13.0 Å². The quantitative estimate of drug-likeness (QED) is 0.817. The van der Waals surface area contributed by atoms with Crippen LogP contribution in [0.25, 0.3) is 0 Å². The highest BCUT2D eigenvalue weighted by Crippen LogP contribution is 2.16. The third kappa shape index (κ3) is 6.04. The van der Waals surface area contributed by atoms with Crippen LogP contribution in [-0.2, 0) is 9.53 Å². The van der Waals surface area contributed by atoms with Crippen LogP contribution in [0.15, 0.2) is 24.3 Å². The van der Waals surface area contributed by atoms with E-state index in [1.54, 1.807) is 36.1 Å². The lowest BCUT2D eigenvalue weighted by atomic mass is 10.3. The Kier molecular flexibility index (Phi) is 7.02. The van der Waals surface area contributed by atoms with Crippen molar-refractivity contribution in [2.45, 2.75) is 33.2 Å². The van der Waals surface area contributed by atoms with E-state index in [1.807, 2.05) is 13.8 Å². The monoisotopic (exact) mass is 312 g/mol. The van der Waals surface area contributed by atoms with Crippen LogP contribution >= 0.6 is 11.6 Å². The Balaban J connectivity index is 2.63. The molecule has 1 aromatic carbocycles. The molecule has 1 aromatic rings. The first-order chi connectivity index (χ1) is 9.93. The molecule has 0 heterocycles. The second-order valence-corrected chi connectivity index (χ2v) is 5.22. The van der Waals surface area contributed by atoms with E-state index in [1.165, 1.54) is 0 Å². The number of esters is 1. The molecule has 116 valence electrons. The van der Waals surface area contributed by atoms with Gasteiger partial charge in [-0.05, 0) is 39.0 Å². The van der Waals surface area contributed by atoms with Gasteiger partial charge < -0.3 is 15.0 Å². The number of benzene rings is 1. The smallest absolute Gasteiger partial charge is 0.322 e. The number of anilines is 1. The topological polar surface area (TPSA) is 58.6 Å². The van der Waals surface area contributed by atoms with Crippen molar-refractivity contribution in [2.24, 2.45) is 0 Å². The molecule has 2 amide bonds. The zero-order chi connectivity index (χ0) is 15.8. The molecule has 6 heteroatoms. The van der Waals surface area contributed by atoms with Gasteiger partial charge in [-0.2, -0.15) is 0 Å². The van der Waals surface area contributed by atoms with Crippen molar-refractivity contribution < 1.29 is 14.3 Å². The van der Waals surface area contributed by atoms with Gasteiger partial charge in [-0.25, -0.2) is 4.79 Å². The molecule has 0 bridgehead atoms. The normalized spacial score (nSPS) is 10.3. The third-order valence-electron chi connectivity index (χ3n) is 2.82. The van der Waals surface area contributed by atoms with E-state index in [2.05, 4.69) is 5.32 Å². The molecule has 0 aromatic heterocycles. The Hall–Kier alpha value is -1.75. The van der Waals surface area contributed by atoms with Crippen LogP contribution in [0.2, 0.25) is 5.02 Å². The summed E-state index contributed by atoms with van der Waals surface area (Å²) in [6, 6.07) is 6.63. The summed E-state index contributed by atoms with van der Waals surface area (Å²) >= 11 is 5.88. The summed E-state index contributed by atoms with van der Waals surface area (Å²) in [6.45, 7) is 6.19. The van der Waals surface area contributed by atoms with Crippen molar-refractivity contribution in [3.05, 3.63) is 29.3 Å². The first-order valence-electron chi connectivity index (χ1n) is 6.92. The number of urea groups is 1. The van der Waals surface area contributed by atoms with Crippen LogP contribution in [0.4, 0.5) is 10.5 Å². The second-order valence-electron chi connectivity index (χ2n) is 4.78. The highest BCUT2D eigenvalue weighted by atomic mass is 35.5. The van der Waals surface area contributed by atoms with Gasteiger partial charge in [0.25, 0.3) is 0 Å². The fourth-order valence-corrected chi connectivity index (χ4v) is 1.99. The van der Waals surface area contributed by atoms with Crippen molar-refractivity contribution in [3.63, 3.8) is 0 Å². The lowest BCUT2D eigenvalue weighted by molar-refractivity contribution is -0.143. The lowest BCUT2D eigenvalue weighted by Gasteiger charge is -2.26. The Labute approximate surface area is 130 Å². The average Bonchev–Trinajstić information content (AvgIpc) is 2.38. The number of nitrogens with zero attached hydrogens (tertiary/aromatic N) is 1. The van der Waals surface area contributed by atoms with Crippen molar-refractivity contribution in [3.8, 4) is 0 Å². The lowest BCUT2D eigenvalue weighted by Crippen LogP contribution is -2.41. The van der Waals surface area contributed by atoms with Gasteiger partial charge in [-0.1, -0.05) is 17.7 Å². The van der Waals surface area contributed by atoms with E-state index in [-0.39, 0.29) is 24.5 Å². The summed E-state index contributed by atoms with van der Waals surface area (Å²) in [6.07, 6.45) is 0.176. The molecule has 1 rings (SSSR count). The Morgan fingerprint density at radius 1 is 1.38 bits per heavy atom. The molecule has 0 spiro atoms. The molecule has 0 aliphatic rings. The van der Waals surface area contributed by atoms with Crippen LogP contribution in [0.3, 0.4) is 0 Å². The van der Waals surface area contributed by atoms with Gasteiger partial charge in [0, 0.05) is 23.3 Å². The molecular formula is C15H21ClN2O3. The third-order valence-corrected chi connectivity index (χ3v) is 3.06. The molecule has 5 nitrogen and oxygen atoms in total. The second kappa shape index (κ2) is 8.52. The first-order valence-corrected chi connectivity index (χ1v) is 7.30. The maximum absolute atomic E-state index is 12.3. The van der Waals surface area contributed by atoms with Crippen molar-refractivity contribution >= 4 is 29.3 Å². The fourth-order valence-electron chi connectivity index (χ4n) is 1.80. The summed E-state index contributed by atoms with van der Waals surface area (Å²) in [5.41, 5.74) is 0.620. The van der Waals surface area contributed by atoms with Crippen LogP contribution < -0.4 is 5.32 Å². The molecule has 0 aliphatic carbocycles. The summed E-state index contributed by atoms with van der Waals surface area (Å²) < 4.78 is 4.87. The van der Waals surface area contributed by atoms with E-state index in [0.29, 0.717) is 23.9 Å². The number of carbonyl (C=O) groups is 2. The van der Waals surface area contributed by atoms with E-state index in [9.17, 15) is 9.59 Å². The van der Waals surface area contributed by atoms with Gasteiger partial charge in [0.2, 0.25) is 0 Å². The van der Waals surface area contributed by atoms with E-state index < -0.39 is 0 Å². The van der Waals surface area contributed by atoms with E-state index >= 15 is 0 Å². The largest absolute Gasteiger partial charge is 0.466 e. The molecule has 0 unspecified atom stereocenters. The minimum Gasteiger partial charge on any atom is -0.466 e. The number of halogens is 1. The summed E-state index contributed by atoms with van der Waals surface area (Å²) in [5.74, 6) is -0.307. The molecule has 0 saturated carbocycles. The van der Waals surface area contributed by atoms with Crippen LogP contribution in [0.5, 0.6) is 0 Å². The number of rotatable bonds is 6. The van der Waals surface area contributed by atoms with Crippen LogP contribution in [0.1, 0.15) is 27.2 Å². The maximum Gasteiger partial charge on any atom is 0.322 e. The number of ether oxygens (including phenoxy) is 1. The fraction of sp³-hybridized carbons (Fsp3) is 0.467. The van der Waals surface area contributed by atoms with Gasteiger partial charge in [0.1, 0.15) is 0 Å². The highest BCUT2D eigenvalue weighted by Gasteiger charge is 2.18. The number of carbonyl (C=O) groups excluding carboxylic acids is 2. The number of nitrogens with one attached hydrogen (secondary N) is 1. The zero-order valence-electron chi connectivity index (χ0n) is 12.6. The Morgan fingerprint density at radius 2 is 2.10 bits per heavy atom. The molecule has 21 heavy (non-hydrogen) atoms. The van der Waals surface area contributed by atoms with E-state index in [0.717, 1.165) is 0 Å². The van der Waals surface area contributed by atoms with Gasteiger partial charge in [-0.3, -0.25) is 4.79 Å². The molecular weight excluding hydrogens is 292 g/mol. The average molecular weight is 313 g/mol. The van der Waals surface area contributed by atoms with Crippen LogP contribution in [0, 0.1) is 0 Å². The van der Waals surface area contributed by atoms with Crippen molar-refractivity contribution in [2.75, 3.05) is 18.5 Å². The summed E-state index contributed by atoms with van der Waals surface area (Å²) in [5, 5.41) is 3.32. The molecule has 0 atom stereocenters. The predicted molar refractivity (Wildman–Crippen MR) is 83.6 cm³/mol. The Bertz CT molecular complexity index is 492. The molecule has 0 saturated heterocycles. The minimum atomic E-state index is -0.307. The number of hydrogen-bond acceptors (Lipinski definition) is 3. The minimum absolute atomic E-state index is 0.0291. The van der Waals surface area contributed by atoms with Crippen molar-refractivity contribution in [1.29, 1.82) is 0 Å². The van der Waals surface area contributed by atoms with Crippen LogP contribution in [-0.4, -0.2) is 36.1 Å². The first kappa shape index (κ1) is 17.3. The standard InChI is InChI=1S/C15H21ClN2O3/c1-4-21-14(19)8-9-18(11(2)3)15(20)17-13-7-5-6-12(16)10-13/h5-7,10-11H,4,8-9H2,1-3H3,(H,17,20). The van der Waals surface area contributed by atoms with Gasteiger partial charge >= 0.3 is 12.0 Å².